The molecule has 0 atom stereocenters. The second-order valence-electron chi connectivity index (χ2n) is 3.79. The molecule has 82 valence electrons. The molecule has 15 heavy (non-hydrogen) atoms. The summed E-state index contributed by atoms with van der Waals surface area (Å²) >= 11 is 1.71. The molecule has 0 bridgehead atoms. The van der Waals surface area contributed by atoms with E-state index in [1.54, 1.807) is 11.3 Å². The van der Waals surface area contributed by atoms with Crippen molar-refractivity contribution >= 4 is 17.2 Å². The maximum atomic E-state index is 12.0. The van der Waals surface area contributed by atoms with Gasteiger partial charge in [0.15, 0.2) is 0 Å². The second-order valence-corrected chi connectivity index (χ2v) is 4.82. The third kappa shape index (κ3) is 2.38. The molecule has 2 rings (SSSR count). The lowest BCUT2D eigenvalue weighted by Gasteiger charge is -2.31. The number of carbonyl (C=O) groups excluding carboxylic acids is 1. The minimum Gasteiger partial charge on any atom is -0.338 e. The van der Waals surface area contributed by atoms with E-state index in [1.165, 1.54) is 4.88 Å². The lowest BCUT2D eigenvalue weighted by atomic mass is 10.0. The van der Waals surface area contributed by atoms with E-state index in [-0.39, 0.29) is 5.92 Å². The van der Waals surface area contributed by atoms with Gasteiger partial charge in [0.05, 0.1) is 12.5 Å². The van der Waals surface area contributed by atoms with Crippen LogP contribution in [0.5, 0.6) is 0 Å². The summed E-state index contributed by atoms with van der Waals surface area (Å²) in [6.45, 7) is 5.30. The van der Waals surface area contributed by atoms with E-state index in [0.29, 0.717) is 5.91 Å². The van der Waals surface area contributed by atoms with Crippen LogP contribution in [-0.4, -0.2) is 30.4 Å². The minimum absolute atomic E-state index is 0.213. The van der Waals surface area contributed by atoms with Crippen molar-refractivity contribution in [2.45, 2.75) is 13.5 Å². The van der Waals surface area contributed by atoms with E-state index < -0.39 is 0 Å². The van der Waals surface area contributed by atoms with Crippen LogP contribution in [0.3, 0.4) is 0 Å². The third-order valence-corrected chi connectivity index (χ3v) is 3.61. The first-order valence-electron chi connectivity index (χ1n) is 5.33. The molecule has 1 fully saturated rings. The number of thiophene rings is 1. The molecule has 0 saturated carbocycles. The van der Waals surface area contributed by atoms with Crippen molar-refractivity contribution in [3.05, 3.63) is 22.4 Å². The summed E-state index contributed by atoms with van der Waals surface area (Å²) in [6.07, 6.45) is 0. The van der Waals surface area contributed by atoms with E-state index in [4.69, 9.17) is 0 Å². The summed E-state index contributed by atoms with van der Waals surface area (Å²) < 4.78 is 0. The van der Waals surface area contributed by atoms with Crippen LogP contribution in [0.4, 0.5) is 0 Å². The van der Waals surface area contributed by atoms with Gasteiger partial charge in [-0.25, -0.2) is 0 Å². The molecular weight excluding hydrogens is 208 g/mol. The van der Waals surface area contributed by atoms with Crippen LogP contribution in [0.25, 0.3) is 0 Å². The Morgan fingerprint density at radius 3 is 2.93 bits per heavy atom. The monoisotopic (exact) mass is 224 g/mol. The van der Waals surface area contributed by atoms with E-state index in [1.807, 2.05) is 17.9 Å². The summed E-state index contributed by atoms with van der Waals surface area (Å²) in [6, 6.07) is 4.11. The van der Waals surface area contributed by atoms with E-state index in [2.05, 4.69) is 16.8 Å². The number of carbonyl (C=O) groups is 1. The van der Waals surface area contributed by atoms with Crippen molar-refractivity contribution in [3.8, 4) is 0 Å². The molecule has 0 spiro atoms. The van der Waals surface area contributed by atoms with Crippen molar-refractivity contribution < 1.29 is 4.79 Å². The molecule has 0 unspecified atom stereocenters. The largest absolute Gasteiger partial charge is 0.338 e. The molecule has 1 saturated heterocycles. The van der Waals surface area contributed by atoms with E-state index >= 15 is 0 Å². The van der Waals surface area contributed by atoms with Gasteiger partial charge in [0.2, 0.25) is 5.91 Å². The van der Waals surface area contributed by atoms with Crippen LogP contribution in [-0.2, 0) is 11.3 Å². The van der Waals surface area contributed by atoms with Crippen molar-refractivity contribution in [3.63, 3.8) is 0 Å². The number of rotatable bonds is 4. The Kier molecular flexibility index (Phi) is 3.38. The number of nitrogens with zero attached hydrogens (tertiary/aromatic N) is 1. The van der Waals surface area contributed by atoms with Gasteiger partial charge in [0.25, 0.3) is 0 Å². The lowest BCUT2D eigenvalue weighted by molar-refractivity contribution is -0.137. The topological polar surface area (TPSA) is 32.3 Å². The van der Waals surface area contributed by atoms with Crippen LogP contribution >= 0.6 is 11.3 Å². The summed E-state index contributed by atoms with van der Waals surface area (Å²) in [4.78, 5) is 15.2. The molecule has 1 aromatic heterocycles. The molecule has 0 radical (unpaired) electrons. The fourth-order valence-electron chi connectivity index (χ4n) is 1.66. The first-order valence-corrected chi connectivity index (χ1v) is 6.21. The van der Waals surface area contributed by atoms with Gasteiger partial charge in [-0.2, -0.15) is 0 Å². The lowest BCUT2D eigenvalue weighted by Crippen LogP contribution is -2.51. The van der Waals surface area contributed by atoms with Crippen molar-refractivity contribution in [2.24, 2.45) is 5.92 Å². The molecule has 4 heteroatoms. The number of hydrogen-bond acceptors (Lipinski definition) is 3. The maximum absolute atomic E-state index is 12.0. The molecule has 1 aromatic rings. The van der Waals surface area contributed by atoms with Crippen molar-refractivity contribution in [1.82, 2.24) is 10.2 Å². The van der Waals surface area contributed by atoms with E-state index in [0.717, 1.165) is 26.2 Å². The first-order chi connectivity index (χ1) is 7.31. The highest BCUT2D eigenvalue weighted by Crippen LogP contribution is 2.15. The Balaban J connectivity index is 1.94. The average molecular weight is 224 g/mol. The Hall–Kier alpha value is -0.870. The fourth-order valence-corrected chi connectivity index (χ4v) is 2.38. The standard InChI is InChI=1S/C11H16N2OS/c1-2-13(8-10-4-3-5-15-10)11(14)9-6-12-7-9/h3-5,9,12H,2,6-8H2,1H3. The van der Waals surface area contributed by atoms with Crippen molar-refractivity contribution in [2.75, 3.05) is 19.6 Å². The molecule has 1 aliphatic heterocycles. The van der Waals surface area contributed by atoms with Gasteiger partial charge in [-0.1, -0.05) is 6.07 Å². The second kappa shape index (κ2) is 4.77. The van der Waals surface area contributed by atoms with Crippen LogP contribution in [0.1, 0.15) is 11.8 Å². The predicted octanol–water partition coefficient (Wildman–Crippen LogP) is 1.32. The highest BCUT2D eigenvalue weighted by atomic mass is 32.1. The molecule has 1 N–H and O–H groups in total. The van der Waals surface area contributed by atoms with Gasteiger partial charge in [-0.15, -0.1) is 11.3 Å². The molecule has 1 amide bonds. The Morgan fingerprint density at radius 1 is 1.67 bits per heavy atom. The first kappa shape index (κ1) is 10.6. The molecule has 0 aliphatic carbocycles. The summed E-state index contributed by atoms with van der Waals surface area (Å²) in [5, 5.41) is 5.19. The van der Waals surface area contributed by atoms with Gasteiger partial charge < -0.3 is 10.2 Å². The molecule has 1 aliphatic rings. The third-order valence-electron chi connectivity index (χ3n) is 2.75. The highest BCUT2D eigenvalue weighted by molar-refractivity contribution is 7.09. The quantitative estimate of drug-likeness (QED) is 0.836. The molecular formula is C11H16N2OS. The molecule has 2 heterocycles. The van der Waals surface area contributed by atoms with Gasteiger partial charge in [-0.3, -0.25) is 4.79 Å². The van der Waals surface area contributed by atoms with Gasteiger partial charge in [0.1, 0.15) is 0 Å². The Bertz CT molecular complexity index is 319. The van der Waals surface area contributed by atoms with Gasteiger partial charge in [-0.05, 0) is 18.4 Å². The van der Waals surface area contributed by atoms with Crippen molar-refractivity contribution in [1.29, 1.82) is 0 Å². The van der Waals surface area contributed by atoms with Crippen LogP contribution in [0.2, 0.25) is 0 Å². The SMILES string of the molecule is CCN(Cc1cccs1)C(=O)C1CNC1. The zero-order chi connectivity index (χ0) is 10.7. The smallest absolute Gasteiger partial charge is 0.228 e. The molecule has 0 aromatic carbocycles. The minimum atomic E-state index is 0.213. The zero-order valence-corrected chi connectivity index (χ0v) is 9.72. The van der Waals surface area contributed by atoms with Gasteiger partial charge >= 0.3 is 0 Å². The Morgan fingerprint density at radius 2 is 2.47 bits per heavy atom. The average Bonchev–Trinajstić information content (AvgIpc) is 2.63. The number of hydrogen-bond donors (Lipinski definition) is 1. The maximum Gasteiger partial charge on any atom is 0.228 e. The normalized spacial score (nSPS) is 16.1. The Labute approximate surface area is 94.1 Å². The van der Waals surface area contributed by atoms with Crippen LogP contribution in [0, 0.1) is 5.92 Å². The van der Waals surface area contributed by atoms with Crippen LogP contribution in [0.15, 0.2) is 17.5 Å². The number of amides is 1. The summed E-state index contributed by atoms with van der Waals surface area (Å²) in [5.74, 6) is 0.509. The fraction of sp³-hybridized carbons (Fsp3) is 0.545. The predicted molar refractivity (Wildman–Crippen MR) is 61.8 cm³/mol. The summed E-state index contributed by atoms with van der Waals surface area (Å²) in [5.41, 5.74) is 0. The van der Waals surface area contributed by atoms with Gasteiger partial charge in [0, 0.05) is 24.5 Å². The highest BCUT2D eigenvalue weighted by Gasteiger charge is 2.28. The summed E-state index contributed by atoms with van der Waals surface area (Å²) in [7, 11) is 0. The molecule has 3 nitrogen and oxygen atoms in total. The zero-order valence-electron chi connectivity index (χ0n) is 8.90. The number of nitrogens with one attached hydrogen (secondary N) is 1. The van der Waals surface area contributed by atoms with E-state index in [9.17, 15) is 4.79 Å². The van der Waals surface area contributed by atoms with Crippen LogP contribution < -0.4 is 5.32 Å².